The van der Waals surface area contributed by atoms with Gasteiger partial charge in [-0.2, -0.15) is 0 Å². The van der Waals surface area contributed by atoms with Crippen molar-refractivity contribution < 1.29 is 24.5 Å². The van der Waals surface area contributed by atoms with Gasteiger partial charge in [0, 0.05) is 22.7 Å². The monoisotopic (exact) mass is 436 g/mol. The van der Waals surface area contributed by atoms with Crippen LogP contribution in [0, 0.1) is 5.92 Å². The van der Waals surface area contributed by atoms with Gasteiger partial charge in [0.2, 0.25) is 0 Å². The fourth-order valence-corrected chi connectivity index (χ4v) is 4.77. The SMILES string of the molecule is COc1ccc2c(c1)c(C(C(=O)O)N1CCC(Cc3ccccc3)CC1)cn2CC(=O)O. The number of hydrogen-bond donors (Lipinski definition) is 2. The Balaban J connectivity index is 1.60. The van der Waals surface area contributed by atoms with Crippen LogP contribution in [-0.2, 0) is 22.6 Å². The van der Waals surface area contributed by atoms with Crippen LogP contribution in [0.2, 0.25) is 0 Å². The van der Waals surface area contributed by atoms with Gasteiger partial charge in [-0.15, -0.1) is 0 Å². The van der Waals surface area contributed by atoms with Gasteiger partial charge < -0.3 is 19.5 Å². The van der Waals surface area contributed by atoms with E-state index in [0.29, 0.717) is 41.2 Å². The summed E-state index contributed by atoms with van der Waals surface area (Å²) in [6.07, 6.45) is 4.53. The zero-order valence-electron chi connectivity index (χ0n) is 18.1. The maximum absolute atomic E-state index is 12.4. The van der Waals surface area contributed by atoms with Crippen LogP contribution in [0.25, 0.3) is 10.9 Å². The van der Waals surface area contributed by atoms with Crippen molar-refractivity contribution in [3.63, 3.8) is 0 Å². The van der Waals surface area contributed by atoms with E-state index in [9.17, 15) is 19.8 Å². The molecule has 1 atom stereocenters. The van der Waals surface area contributed by atoms with Crippen molar-refractivity contribution in [1.29, 1.82) is 0 Å². The first-order valence-electron chi connectivity index (χ1n) is 10.9. The first kappa shape index (κ1) is 21.9. The van der Waals surface area contributed by atoms with Crippen LogP contribution in [0.1, 0.15) is 30.0 Å². The van der Waals surface area contributed by atoms with E-state index < -0.39 is 18.0 Å². The molecule has 0 bridgehead atoms. The highest BCUT2D eigenvalue weighted by Gasteiger charge is 2.33. The summed E-state index contributed by atoms with van der Waals surface area (Å²) in [7, 11) is 1.56. The number of methoxy groups -OCH3 is 1. The van der Waals surface area contributed by atoms with Crippen LogP contribution in [-0.4, -0.2) is 51.8 Å². The van der Waals surface area contributed by atoms with Crippen LogP contribution in [0.3, 0.4) is 0 Å². The van der Waals surface area contributed by atoms with E-state index in [4.69, 9.17) is 4.74 Å². The van der Waals surface area contributed by atoms with Gasteiger partial charge in [-0.3, -0.25) is 14.5 Å². The van der Waals surface area contributed by atoms with Crippen molar-refractivity contribution in [3.8, 4) is 5.75 Å². The molecule has 1 aliphatic rings. The third kappa shape index (κ3) is 4.62. The highest BCUT2D eigenvalue weighted by Crippen LogP contribution is 2.35. The lowest BCUT2D eigenvalue weighted by Crippen LogP contribution is -2.40. The second-order valence-corrected chi connectivity index (χ2v) is 8.40. The van der Waals surface area contributed by atoms with Gasteiger partial charge in [0.1, 0.15) is 18.3 Å². The van der Waals surface area contributed by atoms with Gasteiger partial charge in [0.05, 0.1) is 7.11 Å². The van der Waals surface area contributed by atoms with E-state index in [-0.39, 0.29) is 6.54 Å². The number of likely N-dealkylation sites (tertiary alicyclic amines) is 1. The number of ether oxygens (including phenoxy) is 1. The van der Waals surface area contributed by atoms with Crippen molar-refractivity contribution in [2.45, 2.75) is 31.8 Å². The number of benzene rings is 2. The average molecular weight is 437 g/mol. The summed E-state index contributed by atoms with van der Waals surface area (Å²) in [6, 6.07) is 14.9. The normalized spacial score (nSPS) is 16.2. The Labute approximate surface area is 186 Å². The Hall–Kier alpha value is -3.32. The third-order valence-corrected chi connectivity index (χ3v) is 6.33. The van der Waals surface area contributed by atoms with Gasteiger partial charge in [-0.1, -0.05) is 30.3 Å². The van der Waals surface area contributed by atoms with Crippen LogP contribution in [0.4, 0.5) is 0 Å². The summed E-state index contributed by atoms with van der Waals surface area (Å²) in [5.74, 6) is -0.768. The zero-order valence-corrected chi connectivity index (χ0v) is 18.1. The predicted octanol–water partition coefficient (Wildman–Crippen LogP) is 3.81. The maximum Gasteiger partial charge on any atom is 0.325 e. The third-order valence-electron chi connectivity index (χ3n) is 6.33. The summed E-state index contributed by atoms with van der Waals surface area (Å²) in [4.78, 5) is 25.8. The molecule has 0 saturated carbocycles. The molecule has 1 aromatic heterocycles. The smallest absolute Gasteiger partial charge is 0.325 e. The molecule has 0 spiro atoms. The Morgan fingerprint density at radius 3 is 2.44 bits per heavy atom. The lowest BCUT2D eigenvalue weighted by Gasteiger charge is -2.35. The number of aromatic nitrogens is 1. The minimum atomic E-state index is -0.974. The first-order chi connectivity index (χ1) is 15.5. The number of fused-ring (bicyclic) bond motifs is 1. The molecule has 0 aliphatic carbocycles. The maximum atomic E-state index is 12.4. The quantitative estimate of drug-likeness (QED) is 0.558. The molecule has 7 nitrogen and oxygen atoms in total. The number of aliphatic carboxylic acids is 2. The first-order valence-corrected chi connectivity index (χ1v) is 10.9. The predicted molar refractivity (Wildman–Crippen MR) is 121 cm³/mol. The average Bonchev–Trinajstić information content (AvgIpc) is 3.12. The molecule has 1 unspecified atom stereocenters. The van der Waals surface area contributed by atoms with Crippen molar-refractivity contribution in [1.82, 2.24) is 9.47 Å². The van der Waals surface area contributed by atoms with Crippen molar-refractivity contribution >= 4 is 22.8 Å². The van der Waals surface area contributed by atoms with Gasteiger partial charge in [0.25, 0.3) is 0 Å². The fraction of sp³-hybridized carbons (Fsp3) is 0.360. The molecule has 2 aromatic carbocycles. The van der Waals surface area contributed by atoms with E-state index in [1.807, 2.05) is 23.1 Å². The van der Waals surface area contributed by atoms with E-state index >= 15 is 0 Å². The molecule has 3 aromatic rings. The van der Waals surface area contributed by atoms with Crippen molar-refractivity contribution in [3.05, 3.63) is 65.9 Å². The topological polar surface area (TPSA) is 92.0 Å². The molecule has 0 radical (unpaired) electrons. The molecule has 0 amide bonds. The number of hydrogen-bond acceptors (Lipinski definition) is 4. The fourth-order valence-electron chi connectivity index (χ4n) is 4.77. The van der Waals surface area contributed by atoms with Gasteiger partial charge in [-0.25, -0.2) is 0 Å². The van der Waals surface area contributed by atoms with Crippen LogP contribution < -0.4 is 4.74 Å². The minimum absolute atomic E-state index is 0.228. The van der Waals surface area contributed by atoms with Gasteiger partial charge in [-0.05, 0) is 62.0 Å². The Morgan fingerprint density at radius 1 is 1.09 bits per heavy atom. The Morgan fingerprint density at radius 2 is 1.81 bits per heavy atom. The second-order valence-electron chi connectivity index (χ2n) is 8.40. The highest BCUT2D eigenvalue weighted by molar-refractivity contribution is 5.91. The molecule has 168 valence electrons. The van der Waals surface area contributed by atoms with E-state index in [1.54, 1.807) is 36.1 Å². The molecule has 1 aliphatic heterocycles. The molecule has 7 heteroatoms. The number of carboxylic acids is 2. The van der Waals surface area contributed by atoms with Crippen LogP contribution >= 0.6 is 0 Å². The molecule has 1 saturated heterocycles. The molecule has 2 heterocycles. The largest absolute Gasteiger partial charge is 0.497 e. The summed E-state index contributed by atoms with van der Waals surface area (Å²) in [5, 5.41) is 20.2. The minimum Gasteiger partial charge on any atom is -0.497 e. The van der Waals surface area contributed by atoms with Crippen molar-refractivity contribution in [2.24, 2.45) is 5.92 Å². The number of carbonyl (C=O) groups is 2. The summed E-state index contributed by atoms with van der Waals surface area (Å²) in [5.41, 5.74) is 2.60. The molecular weight excluding hydrogens is 408 g/mol. The zero-order chi connectivity index (χ0) is 22.7. The second kappa shape index (κ2) is 9.44. The molecule has 4 rings (SSSR count). The molecule has 2 N–H and O–H groups in total. The highest BCUT2D eigenvalue weighted by atomic mass is 16.5. The van der Waals surface area contributed by atoms with E-state index in [1.165, 1.54) is 5.56 Å². The lowest BCUT2D eigenvalue weighted by molar-refractivity contribution is -0.144. The summed E-state index contributed by atoms with van der Waals surface area (Å²) >= 11 is 0. The standard InChI is InChI=1S/C25H28N2O5/c1-32-19-7-8-22-20(14-19)21(15-27(22)16-23(28)29)24(25(30)31)26-11-9-18(10-12-26)13-17-5-3-2-4-6-17/h2-8,14-15,18,24H,9-13,16H2,1H3,(H,28,29)(H,30,31). The summed E-state index contributed by atoms with van der Waals surface area (Å²) < 4.78 is 6.94. The number of rotatable bonds is 8. The lowest BCUT2D eigenvalue weighted by atomic mass is 9.89. The van der Waals surface area contributed by atoms with Gasteiger partial charge >= 0.3 is 11.9 Å². The number of piperidine rings is 1. The van der Waals surface area contributed by atoms with Crippen LogP contribution in [0.15, 0.2) is 54.7 Å². The molecule has 32 heavy (non-hydrogen) atoms. The van der Waals surface area contributed by atoms with Crippen LogP contribution in [0.5, 0.6) is 5.75 Å². The number of carboxylic acid groups (broad SMARTS) is 2. The van der Waals surface area contributed by atoms with Gasteiger partial charge in [0.15, 0.2) is 0 Å². The van der Waals surface area contributed by atoms with E-state index in [0.717, 1.165) is 19.3 Å². The summed E-state index contributed by atoms with van der Waals surface area (Å²) in [6.45, 7) is 1.14. The Bertz CT molecular complexity index is 1100. The number of nitrogens with zero attached hydrogens (tertiary/aromatic N) is 2. The Kier molecular flexibility index (Phi) is 6.46. The molecular formula is C25H28N2O5. The molecule has 1 fully saturated rings. The van der Waals surface area contributed by atoms with Crippen molar-refractivity contribution in [2.75, 3.05) is 20.2 Å². The van der Waals surface area contributed by atoms with E-state index in [2.05, 4.69) is 12.1 Å².